The minimum atomic E-state index is -3.30. The molecule has 3 aromatic carbocycles. The van der Waals surface area contributed by atoms with Crippen molar-refractivity contribution in [2.75, 3.05) is 26.5 Å². The topological polar surface area (TPSA) is 105 Å². The molecule has 2 N–H and O–H groups in total. The highest BCUT2D eigenvalue weighted by atomic mass is 19.3. The first-order valence-corrected chi connectivity index (χ1v) is 13.0. The maximum Gasteiger partial charge on any atom is 0.290 e. The number of carboxylic acid groups (broad SMARTS) is 1. The monoisotopic (exact) mass is 582 g/mol. The molecule has 0 aliphatic rings. The Balaban J connectivity index is 0.00000155. The fraction of sp³-hybridized carbons (Fsp3) is 0.290. The molecule has 8 nitrogen and oxygen atoms in total. The van der Waals surface area contributed by atoms with Gasteiger partial charge in [-0.2, -0.15) is 0 Å². The number of aromatic nitrogens is 2. The van der Waals surface area contributed by atoms with Gasteiger partial charge in [0, 0.05) is 37.5 Å². The lowest BCUT2D eigenvalue weighted by Gasteiger charge is -2.20. The summed E-state index contributed by atoms with van der Waals surface area (Å²) in [5.41, 5.74) is 2.60. The summed E-state index contributed by atoms with van der Waals surface area (Å²) in [6.45, 7) is 3.87. The summed E-state index contributed by atoms with van der Waals surface area (Å²) in [4.78, 5) is 31.3. The molecule has 1 aromatic heterocycles. The summed E-state index contributed by atoms with van der Waals surface area (Å²) < 4.78 is 48.4. The van der Waals surface area contributed by atoms with E-state index in [-0.39, 0.29) is 24.4 Å². The lowest BCUT2D eigenvalue weighted by atomic mass is 9.98. The Morgan fingerprint density at radius 3 is 2.38 bits per heavy atom. The van der Waals surface area contributed by atoms with Crippen LogP contribution < -0.4 is 10.1 Å². The van der Waals surface area contributed by atoms with E-state index in [4.69, 9.17) is 14.6 Å². The van der Waals surface area contributed by atoms with Gasteiger partial charge in [-0.3, -0.25) is 9.59 Å². The number of hydrogen-bond donors (Lipinski definition) is 2. The van der Waals surface area contributed by atoms with Crippen molar-refractivity contribution in [1.29, 1.82) is 0 Å². The largest absolute Gasteiger partial charge is 0.496 e. The predicted octanol–water partition coefficient (Wildman–Crippen LogP) is 6.37. The molecule has 0 saturated carbocycles. The minimum absolute atomic E-state index is 0.0505. The number of methoxy groups -OCH3 is 1. The molecule has 222 valence electrons. The molecule has 1 heterocycles. The third-order valence-corrected chi connectivity index (χ3v) is 6.58. The van der Waals surface area contributed by atoms with Crippen LogP contribution in [0, 0.1) is 12.7 Å². The number of nitrogens with one attached hydrogen (secondary N) is 1. The van der Waals surface area contributed by atoms with Gasteiger partial charge < -0.3 is 20.1 Å². The molecule has 0 radical (unpaired) electrons. The van der Waals surface area contributed by atoms with Crippen molar-refractivity contribution < 1.29 is 32.6 Å². The second kappa shape index (κ2) is 13.3. The summed E-state index contributed by atoms with van der Waals surface area (Å²) in [6, 6.07) is 14.7. The van der Waals surface area contributed by atoms with Crippen molar-refractivity contribution >= 4 is 29.1 Å². The normalized spacial score (nSPS) is 11.7. The molecule has 0 saturated heterocycles. The molecule has 4 rings (SSSR count). The fourth-order valence-corrected chi connectivity index (χ4v) is 4.46. The van der Waals surface area contributed by atoms with E-state index in [9.17, 15) is 13.6 Å². The van der Waals surface area contributed by atoms with E-state index < -0.39 is 23.3 Å². The van der Waals surface area contributed by atoms with E-state index in [0.29, 0.717) is 35.2 Å². The number of halogens is 3. The van der Waals surface area contributed by atoms with Gasteiger partial charge in [0.25, 0.3) is 12.4 Å². The number of alkyl halides is 2. The van der Waals surface area contributed by atoms with Crippen LogP contribution in [0.3, 0.4) is 0 Å². The van der Waals surface area contributed by atoms with Crippen LogP contribution in [0.15, 0.2) is 54.6 Å². The number of likely N-dealkylation sites (N-methyl/N-ethyl adjacent to an activating group) is 1. The smallest absolute Gasteiger partial charge is 0.290 e. The van der Waals surface area contributed by atoms with E-state index in [1.807, 2.05) is 36.4 Å². The summed E-state index contributed by atoms with van der Waals surface area (Å²) >= 11 is 0. The molecule has 0 aliphatic carbocycles. The van der Waals surface area contributed by atoms with Crippen LogP contribution in [0.1, 0.15) is 42.4 Å². The number of amides is 1. The summed E-state index contributed by atoms with van der Waals surface area (Å²) in [5, 5.41) is 10.8. The Labute approximate surface area is 242 Å². The molecule has 42 heavy (non-hydrogen) atoms. The maximum absolute atomic E-state index is 15.1. The van der Waals surface area contributed by atoms with Crippen molar-refractivity contribution in [3.63, 3.8) is 0 Å². The van der Waals surface area contributed by atoms with Gasteiger partial charge in [-0.1, -0.05) is 30.3 Å². The van der Waals surface area contributed by atoms with Crippen molar-refractivity contribution in [1.82, 2.24) is 14.9 Å². The van der Waals surface area contributed by atoms with Gasteiger partial charge >= 0.3 is 0 Å². The van der Waals surface area contributed by atoms with Crippen molar-refractivity contribution in [2.45, 2.75) is 39.2 Å². The molecule has 0 aliphatic heterocycles. The average molecular weight is 583 g/mol. The van der Waals surface area contributed by atoms with Crippen LogP contribution in [-0.4, -0.2) is 53.6 Å². The van der Waals surface area contributed by atoms with E-state index in [1.165, 1.54) is 17.0 Å². The Morgan fingerprint density at radius 1 is 1.12 bits per heavy atom. The lowest BCUT2D eigenvalue weighted by Crippen LogP contribution is -2.23. The number of aryl methyl sites for hydroxylation is 1. The minimum Gasteiger partial charge on any atom is -0.496 e. The number of benzene rings is 3. The highest BCUT2D eigenvalue weighted by Gasteiger charge is 2.30. The number of ether oxygens (including phenoxy) is 1. The van der Waals surface area contributed by atoms with Gasteiger partial charge in [0.05, 0.1) is 30.7 Å². The Morgan fingerprint density at radius 2 is 1.76 bits per heavy atom. The number of anilines is 1. The molecule has 0 unspecified atom stereocenters. The van der Waals surface area contributed by atoms with E-state index >= 15 is 4.39 Å². The number of carbonyl (C=O) groups excluding carboxylic acids is 1. The van der Waals surface area contributed by atoms with Crippen molar-refractivity contribution in [3.8, 4) is 16.9 Å². The molecule has 1 atom stereocenters. The molecule has 0 spiro atoms. The Kier molecular flexibility index (Phi) is 10.1. The highest BCUT2D eigenvalue weighted by Crippen LogP contribution is 2.35. The summed E-state index contributed by atoms with van der Waals surface area (Å²) in [6.07, 6.45) is 0.186. The maximum atomic E-state index is 15.1. The zero-order valence-electron chi connectivity index (χ0n) is 24.2. The first-order valence-electron chi connectivity index (χ1n) is 13.0. The van der Waals surface area contributed by atoms with Crippen molar-refractivity contribution in [2.24, 2.45) is 0 Å². The lowest BCUT2D eigenvalue weighted by molar-refractivity contribution is -0.128. The molecule has 4 aromatic rings. The molecular weight excluding hydrogens is 549 g/mol. The van der Waals surface area contributed by atoms with Crippen molar-refractivity contribution in [3.05, 3.63) is 82.9 Å². The van der Waals surface area contributed by atoms with Crippen LogP contribution in [0.5, 0.6) is 5.75 Å². The number of rotatable bonds is 8. The Bertz CT molecular complexity index is 1590. The Hall–Kier alpha value is -4.67. The number of carbonyl (C=O) groups is 2. The third-order valence-electron chi connectivity index (χ3n) is 6.58. The molecule has 0 bridgehead atoms. The zero-order valence-corrected chi connectivity index (χ0v) is 24.2. The number of nitrogens with zero attached hydrogens (tertiary/aromatic N) is 3. The third kappa shape index (κ3) is 7.34. The van der Waals surface area contributed by atoms with Gasteiger partial charge in [0.1, 0.15) is 23.2 Å². The average Bonchev–Trinajstić information content (AvgIpc) is 2.92. The van der Waals surface area contributed by atoms with E-state index in [2.05, 4.69) is 15.3 Å². The summed E-state index contributed by atoms with van der Waals surface area (Å²) in [7, 11) is 4.97. The molecule has 0 fully saturated rings. The highest BCUT2D eigenvalue weighted by molar-refractivity contribution is 5.93. The van der Waals surface area contributed by atoms with E-state index in [0.717, 1.165) is 22.8 Å². The van der Waals surface area contributed by atoms with Gasteiger partial charge in [0.2, 0.25) is 5.91 Å². The van der Waals surface area contributed by atoms with Crippen LogP contribution in [0.2, 0.25) is 0 Å². The van der Waals surface area contributed by atoms with Crippen LogP contribution in [-0.2, 0) is 21.9 Å². The van der Waals surface area contributed by atoms with Crippen LogP contribution >= 0.6 is 0 Å². The zero-order chi connectivity index (χ0) is 31.2. The SMILES string of the molecule is COc1ccc(-c2ccc3nc(C)nc(N[C@@H](C)c4cccc(C(C)(F)F)c4F)c3c2)cc1CC(=O)N(C)C.O=CO. The summed E-state index contributed by atoms with van der Waals surface area (Å²) in [5.74, 6) is -2.72. The first kappa shape index (κ1) is 31.9. The molecular formula is C31H33F3N4O4. The van der Waals surface area contributed by atoms with Gasteiger partial charge in [-0.25, -0.2) is 23.1 Å². The van der Waals surface area contributed by atoms with E-state index in [1.54, 1.807) is 35.1 Å². The van der Waals surface area contributed by atoms with Gasteiger partial charge in [-0.05, 0) is 49.2 Å². The number of fused-ring (bicyclic) bond motifs is 1. The second-order valence-electron chi connectivity index (χ2n) is 9.91. The quantitative estimate of drug-likeness (QED) is 0.233. The second-order valence-corrected chi connectivity index (χ2v) is 9.91. The van der Waals surface area contributed by atoms with Crippen LogP contribution in [0.4, 0.5) is 19.0 Å². The fourth-order valence-electron chi connectivity index (χ4n) is 4.46. The predicted molar refractivity (Wildman–Crippen MR) is 155 cm³/mol. The van der Waals surface area contributed by atoms with Crippen LogP contribution in [0.25, 0.3) is 22.0 Å². The van der Waals surface area contributed by atoms with Gasteiger partial charge in [-0.15, -0.1) is 0 Å². The first-order chi connectivity index (χ1) is 19.8. The number of hydrogen-bond acceptors (Lipinski definition) is 6. The molecule has 1 amide bonds. The molecule has 11 heteroatoms. The van der Waals surface area contributed by atoms with Gasteiger partial charge in [0.15, 0.2) is 0 Å². The standard InChI is InChI=1S/C30H31F3N4O2.CH2O2/c1-17(22-8-7-9-24(28(22)31)30(3,32)33)34-29-23-15-20(10-12-25(23)35-18(2)36-29)19-11-13-26(39-6)21(14-19)16-27(38)37(4)5;2-1-3/h7-15,17H,16H2,1-6H3,(H,34,35,36);1H,(H,2,3)/t17-;/m0./s1.